The molecule has 8 heteroatoms. The first-order valence-corrected chi connectivity index (χ1v) is 8.09. The van der Waals surface area contributed by atoms with Crippen LogP contribution in [0.1, 0.15) is 25.8 Å². The molecule has 1 aliphatic rings. The molecule has 1 aromatic rings. The Hall–Kier alpha value is -1.41. The third-order valence-corrected chi connectivity index (χ3v) is 5.97. The van der Waals surface area contributed by atoms with Gasteiger partial charge in [0, 0.05) is 18.5 Å². The third kappa shape index (κ3) is 3.03. The molecule has 0 aromatic heterocycles. The van der Waals surface area contributed by atoms with Crippen LogP contribution in [-0.4, -0.2) is 31.6 Å². The van der Waals surface area contributed by atoms with Crippen LogP contribution in [0.4, 0.5) is 13.2 Å². The quantitative estimate of drug-likeness (QED) is 0.853. The molecular weight excluding hydrogens is 319 g/mol. The number of hydrogen-bond acceptors (Lipinski definition) is 3. The van der Waals surface area contributed by atoms with Gasteiger partial charge in [-0.25, -0.2) is 8.42 Å². The summed E-state index contributed by atoms with van der Waals surface area (Å²) in [6, 6.07) is 3.38. The van der Waals surface area contributed by atoms with Crippen LogP contribution in [0.25, 0.3) is 0 Å². The molecule has 2 rings (SSSR count). The Bertz CT molecular complexity index is 682. The van der Waals surface area contributed by atoms with Crippen molar-refractivity contribution < 1.29 is 26.4 Å². The topological polar surface area (TPSA) is 54.5 Å². The zero-order valence-corrected chi connectivity index (χ0v) is 13.0. The second-order valence-electron chi connectivity index (χ2n) is 5.73. The Morgan fingerprint density at radius 1 is 1.23 bits per heavy atom. The zero-order valence-electron chi connectivity index (χ0n) is 12.1. The van der Waals surface area contributed by atoms with Crippen molar-refractivity contribution in [1.29, 1.82) is 0 Å². The summed E-state index contributed by atoms with van der Waals surface area (Å²) in [6.45, 7) is 3.33. The molecule has 4 nitrogen and oxygen atoms in total. The molecule has 1 aliphatic heterocycles. The minimum absolute atomic E-state index is 0.0473. The van der Waals surface area contributed by atoms with Crippen LogP contribution in [0.5, 0.6) is 0 Å². The molecule has 0 spiro atoms. The van der Waals surface area contributed by atoms with Crippen molar-refractivity contribution >= 4 is 15.8 Å². The van der Waals surface area contributed by atoms with E-state index in [4.69, 9.17) is 0 Å². The SMILES string of the molecule is CC(=O)[C@]1(C)CCN(S(=O)(=O)c2ccc(C(F)(F)F)cc2)C1. The molecule has 0 bridgehead atoms. The summed E-state index contributed by atoms with van der Waals surface area (Å²) in [6.07, 6.45) is -4.11. The van der Waals surface area contributed by atoms with E-state index in [0.717, 1.165) is 28.6 Å². The number of halogens is 3. The molecule has 22 heavy (non-hydrogen) atoms. The molecule has 1 fully saturated rings. The fourth-order valence-corrected chi connectivity index (χ4v) is 3.94. The Balaban J connectivity index is 2.27. The molecule has 0 radical (unpaired) electrons. The third-order valence-electron chi connectivity index (χ3n) is 4.11. The molecule has 0 N–H and O–H groups in total. The normalized spacial score (nSPS) is 23.7. The predicted octanol–water partition coefficient (Wildman–Crippen LogP) is 2.70. The maximum Gasteiger partial charge on any atom is 0.416 e. The van der Waals surface area contributed by atoms with E-state index in [1.165, 1.54) is 6.92 Å². The van der Waals surface area contributed by atoms with E-state index in [1.54, 1.807) is 6.92 Å². The van der Waals surface area contributed by atoms with Gasteiger partial charge in [-0.15, -0.1) is 0 Å². The van der Waals surface area contributed by atoms with Crippen LogP contribution in [0, 0.1) is 5.41 Å². The summed E-state index contributed by atoms with van der Waals surface area (Å²) >= 11 is 0. The van der Waals surface area contributed by atoms with Gasteiger partial charge in [0.2, 0.25) is 10.0 Å². The van der Waals surface area contributed by atoms with Crippen molar-refractivity contribution in [3.63, 3.8) is 0 Å². The summed E-state index contributed by atoms with van der Waals surface area (Å²) < 4.78 is 63.6. The van der Waals surface area contributed by atoms with E-state index in [-0.39, 0.29) is 23.8 Å². The zero-order chi connectivity index (χ0) is 16.8. The Kier molecular flexibility index (Phi) is 4.12. The van der Waals surface area contributed by atoms with Gasteiger partial charge in [0.15, 0.2) is 0 Å². The van der Waals surface area contributed by atoms with E-state index in [1.807, 2.05) is 0 Å². The lowest BCUT2D eigenvalue weighted by molar-refractivity contribution is -0.137. The van der Waals surface area contributed by atoms with E-state index in [0.29, 0.717) is 6.42 Å². The van der Waals surface area contributed by atoms with E-state index < -0.39 is 27.2 Å². The molecule has 0 unspecified atom stereocenters. The lowest BCUT2D eigenvalue weighted by Gasteiger charge is -2.21. The van der Waals surface area contributed by atoms with Gasteiger partial charge >= 0.3 is 6.18 Å². The molecule has 122 valence electrons. The lowest BCUT2D eigenvalue weighted by atomic mass is 9.86. The van der Waals surface area contributed by atoms with Gasteiger partial charge in [-0.3, -0.25) is 4.79 Å². The number of benzene rings is 1. The van der Waals surface area contributed by atoms with Crippen LogP contribution >= 0.6 is 0 Å². The van der Waals surface area contributed by atoms with Crippen molar-refractivity contribution in [3.8, 4) is 0 Å². The number of carbonyl (C=O) groups excluding carboxylic acids is 1. The fraction of sp³-hybridized carbons (Fsp3) is 0.500. The van der Waals surface area contributed by atoms with E-state index in [9.17, 15) is 26.4 Å². The second kappa shape index (κ2) is 5.34. The molecular formula is C14H16F3NO3S. The number of ketones is 1. The highest BCUT2D eigenvalue weighted by Gasteiger charge is 2.43. The number of hydrogen-bond donors (Lipinski definition) is 0. The van der Waals surface area contributed by atoms with Crippen LogP contribution in [0.2, 0.25) is 0 Å². The van der Waals surface area contributed by atoms with Crippen LogP contribution in [0.3, 0.4) is 0 Å². The first kappa shape index (κ1) is 17.0. The number of nitrogens with zero attached hydrogens (tertiary/aromatic N) is 1. The van der Waals surface area contributed by atoms with Gasteiger partial charge in [0.05, 0.1) is 10.5 Å². The largest absolute Gasteiger partial charge is 0.416 e. The standard InChI is InChI=1S/C14H16F3NO3S/c1-10(19)13(2)7-8-18(9-13)22(20,21)12-5-3-11(4-6-12)14(15,16)17/h3-6H,7-9H2,1-2H3/t13-/m1/s1. The first-order chi connectivity index (χ1) is 9.97. The summed E-state index contributed by atoms with van der Waals surface area (Å²) in [4.78, 5) is 11.4. The van der Waals surface area contributed by atoms with Crippen LogP contribution in [0.15, 0.2) is 29.2 Å². The average Bonchev–Trinajstić information content (AvgIpc) is 2.83. The van der Waals surface area contributed by atoms with E-state index >= 15 is 0 Å². The van der Waals surface area contributed by atoms with Crippen molar-refractivity contribution in [3.05, 3.63) is 29.8 Å². The summed E-state index contributed by atoms with van der Waals surface area (Å²) in [7, 11) is -3.89. The average molecular weight is 335 g/mol. The van der Waals surface area contributed by atoms with Gasteiger partial charge in [-0.1, -0.05) is 6.92 Å². The molecule has 0 aliphatic carbocycles. The molecule has 0 amide bonds. The molecule has 1 heterocycles. The van der Waals surface area contributed by atoms with Crippen molar-refractivity contribution in [2.75, 3.05) is 13.1 Å². The highest BCUT2D eigenvalue weighted by molar-refractivity contribution is 7.89. The smallest absolute Gasteiger partial charge is 0.299 e. The fourth-order valence-electron chi connectivity index (χ4n) is 2.38. The molecule has 1 saturated heterocycles. The van der Waals surface area contributed by atoms with Gasteiger partial charge in [-0.05, 0) is 37.6 Å². The maximum absolute atomic E-state index is 12.5. The Morgan fingerprint density at radius 3 is 2.18 bits per heavy atom. The molecule has 1 aromatic carbocycles. The number of rotatable bonds is 3. The van der Waals surface area contributed by atoms with Gasteiger partial charge < -0.3 is 0 Å². The first-order valence-electron chi connectivity index (χ1n) is 6.65. The van der Waals surface area contributed by atoms with Crippen LogP contribution in [-0.2, 0) is 21.0 Å². The molecule has 1 atom stereocenters. The van der Waals surface area contributed by atoms with Crippen molar-refractivity contribution in [2.24, 2.45) is 5.41 Å². The minimum atomic E-state index is -4.51. The maximum atomic E-state index is 12.5. The number of sulfonamides is 1. The highest BCUT2D eigenvalue weighted by atomic mass is 32.2. The summed E-state index contributed by atoms with van der Waals surface area (Å²) in [5.74, 6) is -0.0994. The summed E-state index contributed by atoms with van der Waals surface area (Å²) in [5.41, 5.74) is -1.64. The monoisotopic (exact) mass is 335 g/mol. The summed E-state index contributed by atoms with van der Waals surface area (Å²) in [5, 5.41) is 0. The van der Waals surface area contributed by atoms with Crippen LogP contribution < -0.4 is 0 Å². The highest BCUT2D eigenvalue weighted by Crippen LogP contribution is 2.35. The minimum Gasteiger partial charge on any atom is -0.299 e. The number of carbonyl (C=O) groups is 1. The van der Waals surface area contributed by atoms with Gasteiger partial charge in [0.1, 0.15) is 5.78 Å². The lowest BCUT2D eigenvalue weighted by Crippen LogP contribution is -2.34. The Morgan fingerprint density at radius 2 is 1.77 bits per heavy atom. The van der Waals surface area contributed by atoms with Gasteiger partial charge in [0.25, 0.3) is 0 Å². The molecule has 0 saturated carbocycles. The van der Waals surface area contributed by atoms with Crippen molar-refractivity contribution in [2.45, 2.75) is 31.3 Å². The number of alkyl halides is 3. The second-order valence-corrected chi connectivity index (χ2v) is 7.67. The van der Waals surface area contributed by atoms with Gasteiger partial charge in [-0.2, -0.15) is 17.5 Å². The van der Waals surface area contributed by atoms with Crippen molar-refractivity contribution in [1.82, 2.24) is 4.31 Å². The van der Waals surface area contributed by atoms with E-state index in [2.05, 4.69) is 0 Å². The number of Topliss-reactive ketones (excluding diaryl/α,β-unsaturated/α-hetero) is 1. The predicted molar refractivity (Wildman–Crippen MR) is 73.6 cm³/mol. The Labute approximate surface area is 127 Å².